The van der Waals surface area contributed by atoms with Crippen LogP contribution in [0, 0.1) is 13.8 Å². The molecule has 0 saturated carbocycles. The molecule has 2 heterocycles. The summed E-state index contributed by atoms with van der Waals surface area (Å²) in [6.07, 6.45) is 2.86. The number of aromatic nitrogens is 2. The van der Waals surface area contributed by atoms with Crippen LogP contribution < -0.4 is 4.72 Å². The molecule has 86 valence electrons. The van der Waals surface area contributed by atoms with E-state index in [-0.39, 0.29) is 0 Å². The van der Waals surface area contributed by atoms with E-state index < -0.39 is 10.0 Å². The van der Waals surface area contributed by atoms with Crippen LogP contribution in [0.4, 0.5) is 5.69 Å². The van der Waals surface area contributed by atoms with E-state index in [1.54, 1.807) is 18.3 Å². The van der Waals surface area contributed by atoms with Gasteiger partial charge in [-0.25, -0.2) is 13.4 Å². The maximum atomic E-state index is 11.1. The number of pyridine rings is 1. The zero-order chi connectivity index (χ0) is 11.9. The fourth-order valence-electron chi connectivity index (χ4n) is 1.55. The fourth-order valence-corrected chi connectivity index (χ4v) is 2.10. The zero-order valence-electron chi connectivity index (χ0n) is 9.35. The van der Waals surface area contributed by atoms with E-state index in [0.29, 0.717) is 5.69 Å². The van der Waals surface area contributed by atoms with Crippen LogP contribution in [0.2, 0.25) is 0 Å². The number of fused-ring (bicyclic) bond motifs is 1. The predicted molar refractivity (Wildman–Crippen MR) is 63.1 cm³/mol. The molecule has 0 saturated heterocycles. The lowest BCUT2D eigenvalue weighted by atomic mass is 10.4. The molecule has 0 spiro atoms. The van der Waals surface area contributed by atoms with Gasteiger partial charge in [0, 0.05) is 11.9 Å². The summed E-state index contributed by atoms with van der Waals surface area (Å²) in [6, 6.07) is 3.48. The van der Waals surface area contributed by atoms with Gasteiger partial charge in [-0.05, 0) is 26.0 Å². The lowest BCUT2D eigenvalue weighted by molar-refractivity contribution is 0.607. The molecule has 0 aromatic carbocycles. The molecule has 5 nitrogen and oxygen atoms in total. The van der Waals surface area contributed by atoms with Crippen LogP contribution in [-0.2, 0) is 10.0 Å². The van der Waals surface area contributed by atoms with Crippen molar-refractivity contribution in [3.05, 3.63) is 29.7 Å². The third-order valence-corrected chi connectivity index (χ3v) is 3.00. The van der Waals surface area contributed by atoms with Gasteiger partial charge in [-0.3, -0.25) is 4.72 Å². The molecule has 6 heteroatoms. The van der Waals surface area contributed by atoms with Crippen molar-refractivity contribution in [3.63, 3.8) is 0 Å². The minimum Gasteiger partial charge on any atom is -0.302 e. The van der Waals surface area contributed by atoms with Crippen molar-refractivity contribution in [2.24, 2.45) is 0 Å². The van der Waals surface area contributed by atoms with Crippen LogP contribution in [0.5, 0.6) is 0 Å². The Labute approximate surface area is 94.2 Å². The van der Waals surface area contributed by atoms with Gasteiger partial charge in [0.25, 0.3) is 0 Å². The van der Waals surface area contributed by atoms with Crippen LogP contribution in [0.25, 0.3) is 5.65 Å². The van der Waals surface area contributed by atoms with Crippen molar-refractivity contribution in [2.75, 3.05) is 11.0 Å². The van der Waals surface area contributed by atoms with Crippen molar-refractivity contribution in [1.29, 1.82) is 0 Å². The van der Waals surface area contributed by atoms with Gasteiger partial charge in [0.2, 0.25) is 10.0 Å². The van der Waals surface area contributed by atoms with Gasteiger partial charge in [-0.2, -0.15) is 0 Å². The summed E-state index contributed by atoms with van der Waals surface area (Å²) in [4.78, 5) is 4.34. The van der Waals surface area contributed by atoms with Gasteiger partial charge >= 0.3 is 0 Å². The highest BCUT2D eigenvalue weighted by Crippen LogP contribution is 2.15. The number of aryl methyl sites for hydroxylation is 2. The Morgan fingerprint density at radius 1 is 1.31 bits per heavy atom. The van der Waals surface area contributed by atoms with Gasteiger partial charge in [-0.1, -0.05) is 0 Å². The summed E-state index contributed by atoms with van der Waals surface area (Å²) in [6.45, 7) is 3.87. The second-order valence-electron chi connectivity index (χ2n) is 3.80. The molecule has 0 radical (unpaired) electrons. The zero-order valence-corrected chi connectivity index (χ0v) is 10.2. The van der Waals surface area contributed by atoms with E-state index in [2.05, 4.69) is 9.71 Å². The van der Waals surface area contributed by atoms with Crippen LogP contribution in [0.3, 0.4) is 0 Å². The number of hydrogen-bond acceptors (Lipinski definition) is 3. The molecule has 2 aromatic rings. The molecular formula is C10H13N3O2S. The standard InChI is InChI=1S/C10H13N3O2S/c1-7-8(2)13-6-9(12-16(3,14)15)4-5-10(13)11-7/h4-6,12H,1-3H3. The molecule has 0 aliphatic heterocycles. The van der Waals surface area contributed by atoms with E-state index in [9.17, 15) is 8.42 Å². The minimum atomic E-state index is -3.24. The summed E-state index contributed by atoms with van der Waals surface area (Å²) in [5, 5.41) is 0. The second kappa shape index (κ2) is 3.48. The molecular weight excluding hydrogens is 226 g/mol. The molecule has 1 N–H and O–H groups in total. The number of rotatable bonds is 2. The average molecular weight is 239 g/mol. The summed E-state index contributed by atoms with van der Waals surface area (Å²) in [5.41, 5.74) is 3.30. The number of sulfonamides is 1. The van der Waals surface area contributed by atoms with E-state index in [1.807, 2.05) is 18.2 Å². The Bertz CT molecular complexity index is 643. The summed E-state index contributed by atoms with van der Waals surface area (Å²) >= 11 is 0. The van der Waals surface area contributed by atoms with Crippen LogP contribution in [0.1, 0.15) is 11.4 Å². The van der Waals surface area contributed by atoms with Crippen molar-refractivity contribution >= 4 is 21.4 Å². The Hall–Kier alpha value is -1.56. The number of nitrogens with zero attached hydrogens (tertiary/aromatic N) is 2. The van der Waals surface area contributed by atoms with Crippen LogP contribution in [-0.4, -0.2) is 24.1 Å². The second-order valence-corrected chi connectivity index (χ2v) is 5.55. The third-order valence-electron chi connectivity index (χ3n) is 2.40. The molecule has 0 aliphatic rings. The highest BCUT2D eigenvalue weighted by molar-refractivity contribution is 7.92. The first-order valence-electron chi connectivity index (χ1n) is 4.80. The third kappa shape index (κ3) is 2.01. The van der Waals surface area contributed by atoms with E-state index >= 15 is 0 Å². The van der Waals surface area contributed by atoms with Gasteiger partial charge in [-0.15, -0.1) is 0 Å². The topological polar surface area (TPSA) is 63.5 Å². The van der Waals surface area contributed by atoms with E-state index in [1.165, 1.54) is 0 Å². The van der Waals surface area contributed by atoms with E-state index in [0.717, 1.165) is 23.3 Å². The van der Waals surface area contributed by atoms with Crippen molar-refractivity contribution in [2.45, 2.75) is 13.8 Å². The average Bonchev–Trinajstić information content (AvgIpc) is 2.42. The monoisotopic (exact) mass is 239 g/mol. The largest absolute Gasteiger partial charge is 0.302 e. The van der Waals surface area contributed by atoms with Gasteiger partial charge in [0.05, 0.1) is 17.6 Å². The Morgan fingerprint density at radius 2 is 2.00 bits per heavy atom. The number of nitrogens with one attached hydrogen (secondary N) is 1. The minimum absolute atomic E-state index is 0.538. The summed E-state index contributed by atoms with van der Waals surface area (Å²) in [5.74, 6) is 0. The van der Waals surface area contributed by atoms with Crippen molar-refractivity contribution in [1.82, 2.24) is 9.38 Å². The first-order valence-corrected chi connectivity index (χ1v) is 6.69. The highest BCUT2D eigenvalue weighted by atomic mass is 32.2. The van der Waals surface area contributed by atoms with Gasteiger partial charge in [0.15, 0.2) is 0 Å². The maximum absolute atomic E-state index is 11.1. The van der Waals surface area contributed by atoms with Crippen LogP contribution in [0.15, 0.2) is 18.3 Å². The molecule has 0 bridgehead atoms. The highest BCUT2D eigenvalue weighted by Gasteiger charge is 2.06. The Kier molecular flexibility index (Phi) is 2.38. The SMILES string of the molecule is Cc1nc2ccc(NS(C)(=O)=O)cn2c1C. The normalized spacial score (nSPS) is 11.9. The molecule has 0 unspecified atom stereocenters. The number of hydrogen-bond donors (Lipinski definition) is 1. The maximum Gasteiger partial charge on any atom is 0.229 e. The predicted octanol–water partition coefficient (Wildman–Crippen LogP) is 1.32. The summed E-state index contributed by atoms with van der Waals surface area (Å²) < 4.78 is 26.5. The molecule has 0 atom stereocenters. The quantitative estimate of drug-likeness (QED) is 0.859. The van der Waals surface area contributed by atoms with Crippen molar-refractivity contribution in [3.8, 4) is 0 Å². The lowest BCUT2D eigenvalue weighted by Gasteiger charge is -2.04. The number of anilines is 1. The van der Waals surface area contributed by atoms with Gasteiger partial charge in [0.1, 0.15) is 5.65 Å². The van der Waals surface area contributed by atoms with Crippen LogP contribution >= 0.6 is 0 Å². The van der Waals surface area contributed by atoms with Crippen molar-refractivity contribution < 1.29 is 8.42 Å². The smallest absolute Gasteiger partial charge is 0.229 e. The lowest BCUT2D eigenvalue weighted by Crippen LogP contribution is -2.10. The fraction of sp³-hybridized carbons (Fsp3) is 0.300. The molecule has 0 amide bonds. The molecule has 16 heavy (non-hydrogen) atoms. The first-order chi connectivity index (χ1) is 7.37. The number of imidazole rings is 1. The first kappa shape index (κ1) is 10.9. The summed E-state index contributed by atoms with van der Waals surface area (Å²) in [7, 11) is -3.24. The Morgan fingerprint density at radius 3 is 2.62 bits per heavy atom. The molecule has 0 fully saturated rings. The Balaban J connectivity index is 2.55. The molecule has 2 aromatic heterocycles. The molecule has 2 rings (SSSR count). The molecule has 0 aliphatic carbocycles. The van der Waals surface area contributed by atoms with Gasteiger partial charge < -0.3 is 4.40 Å². The van der Waals surface area contributed by atoms with E-state index in [4.69, 9.17) is 0 Å².